The van der Waals surface area contributed by atoms with E-state index in [1.165, 1.54) is 6.07 Å². The molecule has 2 rings (SSSR count). The molecular weight excluding hydrogens is 217 g/mol. The summed E-state index contributed by atoms with van der Waals surface area (Å²) in [5, 5.41) is 3.33. The van der Waals surface area contributed by atoms with Gasteiger partial charge < -0.3 is 5.32 Å². The fourth-order valence-corrected chi connectivity index (χ4v) is 2.16. The second-order valence-corrected chi connectivity index (χ2v) is 4.62. The van der Waals surface area contributed by atoms with Crippen molar-refractivity contribution in [2.75, 3.05) is 39.9 Å². The van der Waals surface area contributed by atoms with E-state index < -0.39 is 0 Å². The number of nitrogens with one attached hydrogen (secondary N) is 1. The van der Waals surface area contributed by atoms with Gasteiger partial charge in [0.1, 0.15) is 5.82 Å². The van der Waals surface area contributed by atoms with Crippen molar-refractivity contribution in [3.05, 3.63) is 35.6 Å². The Morgan fingerprint density at radius 2 is 2.00 bits per heavy atom. The Hall–Kier alpha value is -0.970. The summed E-state index contributed by atoms with van der Waals surface area (Å²) in [6.45, 7) is 5.80. The number of rotatable bonds is 4. The van der Waals surface area contributed by atoms with Crippen molar-refractivity contribution in [1.82, 2.24) is 15.1 Å². The molecule has 1 fully saturated rings. The molecule has 0 unspecified atom stereocenters. The van der Waals surface area contributed by atoms with Crippen molar-refractivity contribution in [3.8, 4) is 0 Å². The van der Waals surface area contributed by atoms with Crippen molar-refractivity contribution in [2.24, 2.45) is 0 Å². The van der Waals surface area contributed by atoms with E-state index in [4.69, 9.17) is 0 Å². The third-order valence-corrected chi connectivity index (χ3v) is 3.05. The average Bonchev–Trinajstić information content (AvgIpc) is 2.33. The van der Waals surface area contributed by atoms with Crippen LogP contribution >= 0.6 is 0 Å². The van der Waals surface area contributed by atoms with Crippen LogP contribution in [0.15, 0.2) is 24.3 Å². The van der Waals surface area contributed by atoms with Gasteiger partial charge in [-0.3, -0.25) is 9.80 Å². The molecule has 1 aliphatic heterocycles. The lowest BCUT2D eigenvalue weighted by Gasteiger charge is -2.31. The van der Waals surface area contributed by atoms with Crippen LogP contribution in [0.2, 0.25) is 0 Å². The van der Waals surface area contributed by atoms with E-state index in [0.29, 0.717) is 6.54 Å². The van der Waals surface area contributed by atoms with E-state index in [2.05, 4.69) is 15.1 Å². The van der Waals surface area contributed by atoms with Crippen molar-refractivity contribution < 1.29 is 4.39 Å². The molecule has 0 aliphatic carbocycles. The monoisotopic (exact) mass is 237 g/mol. The minimum atomic E-state index is -0.111. The lowest BCUT2D eigenvalue weighted by atomic mass is 10.2. The summed E-state index contributed by atoms with van der Waals surface area (Å²) >= 11 is 0. The molecule has 1 saturated heterocycles. The van der Waals surface area contributed by atoms with Crippen LogP contribution in [-0.4, -0.2) is 49.7 Å². The van der Waals surface area contributed by atoms with Gasteiger partial charge in [-0.05, 0) is 13.1 Å². The lowest BCUT2D eigenvalue weighted by Crippen LogP contribution is -2.47. The van der Waals surface area contributed by atoms with Crippen molar-refractivity contribution >= 4 is 0 Å². The fourth-order valence-electron chi connectivity index (χ4n) is 2.16. The highest BCUT2D eigenvalue weighted by atomic mass is 19.1. The molecule has 1 aliphatic rings. The number of benzene rings is 1. The zero-order valence-electron chi connectivity index (χ0n) is 10.3. The Morgan fingerprint density at radius 3 is 2.71 bits per heavy atom. The topological polar surface area (TPSA) is 18.5 Å². The predicted octanol–water partition coefficient (Wildman–Crippen LogP) is 1.12. The van der Waals surface area contributed by atoms with Crippen LogP contribution < -0.4 is 5.32 Å². The van der Waals surface area contributed by atoms with Crippen LogP contribution in [-0.2, 0) is 6.54 Å². The summed E-state index contributed by atoms with van der Waals surface area (Å²) in [5.74, 6) is -0.111. The molecule has 0 spiro atoms. The standard InChI is InChI=1S/C13H20FN3/c1-16(11-17-8-6-15-7-9-17)10-12-4-2-3-5-13(12)14/h2-5,15H,6-11H2,1H3. The van der Waals surface area contributed by atoms with Crippen LogP contribution in [0.5, 0.6) is 0 Å². The highest BCUT2D eigenvalue weighted by Crippen LogP contribution is 2.09. The first-order valence-corrected chi connectivity index (χ1v) is 6.11. The number of piperazine rings is 1. The molecule has 4 heteroatoms. The lowest BCUT2D eigenvalue weighted by molar-refractivity contribution is 0.134. The molecular formula is C13H20FN3. The Balaban J connectivity index is 1.84. The molecule has 3 nitrogen and oxygen atoms in total. The summed E-state index contributed by atoms with van der Waals surface area (Å²) < 4.78 is 13.5. The number of hydrogen-bond acceptors (Lipinski definition) is 3. The first kappa shape index (κ1) is 12.5. The normalized spacial score (nSPS) is 17.6. The SMILES string of the molecule is CN(Cc1ccccc1F)CN1CCNCC1. The van der Waals surface area contributed by atoms with Gasteiger partial charge in [-0.15, -0.1) is 0 Å². The predicted molar refractivity (Wildman–Crippen MR) is 67.2 cm³/mol. The maximum absolute atomic E-state index is 13.5. The van der Waals surface area contributed by atoms with E-state index in [1.807, 2.05) is 19.2 Å². The highest BCUT2D eigenvalue weighted by molar-refractivity contribution is 5.16. The van der Waals surface area contributed by atoms with Gasteiger partial charge in [-0.25, -0.2) is 4.39 Å². The van der Waals surface area contributed by atoms with Crippen LogP contribution in [0.4, 0.5) is 4.39 Å². The maximum atomic E-state index is 13.5. The quantitative estimate of drug-likeness (QED) is 0.846. The third kappa shape index (κ3) is 3.77. The van der Waals surface area contributed by atoms with Crippen LogP contribution in [0.3, 0.4) is 0 Å². The van der Waals surface area contributed by atoms with Gasteiger partial charge in [0.05, 0.1) is 6.67 Å². The molecule has 0 amide bonds. The fraction of sp³-hybridized carbons (Fsp3) is 0.538. The van der Waals surface area contributed by atoms with Gasteiger partial charge in [-0.1, -0.05) is 18.2 Å². The van der Waals surface area contributed by atoms with E-state index in [9.17, 15) is 4.39 Å². The smallest absolute Gasteiger partial charge is 0.127 e. The zero-order valence-corrected chi connectivity index (χ0v) is 10.3. The Labute approximate surface area is 102 Å². The molecule has 94 valence electrons. The molecule has 1 N–H and O–H groups in total. The Kier molecular flexibility index (Phi) is 4.48. The third-order valence-electron chi connectivity index (χ3n) is 3.05. The maximum Gasteiger partial charge on any atom is 0.127 e. The number of halogens is 1. The molecule has 0 radical (unpaired) electrons. The van der Waals surface area contributed by atoms with Crippen molar-refractivity contribution in [1.29, 1.82) is 0 Å². The minimum Gasteiger partial charge on any atom is -0.314 e. The van der Waals surface area contributed by atoms with Crippen LogP contribution in [0.25, 0.3) is 0 Å². The first-order chi connectivity index (χ1) is 8.25. The van der Waals surface area contributed by atoms with Crippen molar-refractivity contribution in [2.45, 2.75) is 6.54 Å². The summed E-state index contributed by atoms with van der Waals surface area (Å²) in [4.78, 5) is 4.54. The molecule has 0 atom stereocenters. The van der Waals surface area contributed by atoms with E-state index in [0.717, 1.165) is 38.4 Å². The summed E-state index contributed by atoms with van der Waals surface area (Å²) in [7, 11) is 2.04. The van der Waals surface area contributed by atoms with Gasteiger partial charge in [0.15, 0.2) is 0 Å². The van der Waals surface area contributed by atoms with Gasteiger partial charge in [0, 0.05) is 38.3 Å². The largest absolute Gasteiger partial charge is 0.314 e. The molecule has 1 aromatic rings. The molecule has 0 saturated carbocycles. The zero-order chi connectivity index (χ0) is 12.1. The molecule has 1 heterocycles. The molecule has 0 aromatic heterocycles. The van der Waals surface area contributed by atoms with E-state index in [1.54, 1.807) is 6.07 Å². The van der Waals surface area contributed by atoms with Crippen LogP contribution in [0.1, 0.15) is 5.56 Å². The molecule has 0 bridgehead atoms. The van der Waals surface area contributed by atoms with Crippen molar-refractivity contribution in [3.63, 3.8) is 0 Å². The average molecular weight is 237 g/mol. The first-order valence-electron chi connectivity index (χ1n) is 6.11. The summed E-state index contributed by atoms with van der Waals surface area (Å²) in [6, 6.07) is 6.99. The van der Waals surface area contributed by atoms with Gasteiger partial charge in [0.2, 0.25) is 0 Å². The minimum absolute atomic E-state index is 0.111. The van der Waals surface area contributed by atoms with E-state index in [-0.39, 0.29) is 5.82 Å². The molecule has 17 heavy (non-hydrogen) atoms. The summed E-state index contributed by atoms with van der Waals surface area (Å²) in [6.07, 6.45) is 0. The Morgan fingerprint density at radius 1 is 1.29 bits per heavy atom. The number of hydrogen-bond donors (Lipinski definition) is 1. The van der Waals surface area contributed by atoms with Crippen LogP contribution in [0, 0.1) is 5.82 Å². The highest BCUT2D eigenvalue weighted by Gasteiger charge is 2.12. The number of nitrogens with zero attached hydrogens (tertiary/aromatic N) is 2. The van der Waals surface area contributed by atoms with Gasteiger partial charge in [0.25, 0.3) is 0 Å². The second kappa shape index (κ2) is 6.10. The molecule has 1 aromatic carbocycles. The van der Waals surface area contributed by atoms with E-state index >= 15 is 0 Å². The Bertz CT molecular complexity index is 350. The van der Waals surface area contributed by atoms with Gasteiger partial charge >= 0.3 is 0 Å². The summed E-state index contributed by atoms with van der Waals surface area (Å²) in [5.41, 5.74) is 0.769. The van der Waals surface area contributed by atoms with Gasteiger partial charge in [-0.2, -0.15) is 0 Å². The second-order valence-electron chi connectivity index (χ2n) is 4.62.